The first kappa shape index (κ1) is 24.0. The summed E-state index contributed by atoms with van der Waals surface area (Å²) >= 11 is 0. The van der Waals surface area contributed by atoms with Crippen molar-refractivity contribution in [1.82, 2.24) is 9.62 Å². The molecule has 1 heterocycles. The van der Waals surface area contributed by atoms with Crippen LogP contribution in [-0.2, 0) is 21.0 Å². The number of benzene rings is 3. The Kier molecular flexibility index (Phi) is 6.77. The minimum absolute atomic E-state index is 0.0338. The molecule has 178 valence electrons. The molecule has 0 aliphatic carbocycles. The minimum atomic E-state index is -4.84. The highest BCUT2D eigenvalue weighted by Gasteiger charge is 2.44. The number of hydrogen-bond acceptors (Lipinski definition) is 3. The molecule has 1 amide bonds. The molecule has 9 heteroatoms. The van der Waals surface area contributed by atoms with Crippen molar-refractivity contribution in [2.45, 2.75) is 36.0 Å². The van der Waals surface area contributed by atoms with Crippen LogP contribution in [0.3, 0.4) is 0 Å². The Bertz CT molecular complexity index is 1210. The van der Waals surface area contributed by atoms with Crippen molar-refractivity contribution in [3.8, 4) is 0 Å². The van der Waals surface area contributed by atoms with E-state index in [1.165, 1.54) is 6.07 Å². The van der Waals surface area contributed by atoms with Crippen LogP contribution in [-0.4, -0.2) is 31.2 Å². The molecule has 0 saturated carbocycles. The van der Waals surface area contributed by atoms with Gasteiger partial charge in [0, 0.05) is 6.54 Å². The lowest BCUT2D eigenvalue weighted by Gasteiger charge is -2.27. The summed E-state index contributed by atoms with van der Waals surface area (Å²) in [6.45, 7) is -0.0338. The van der Waals surface area contributed by atoms with Gasteiger partial charge in [0.25, 0.3) is 0 Å². The lowest BCUT2D eigenvalue weighted by molar-refractivity contribution is -0.139. The van der Waals surface area contributed by atoms with E-state index in [1.54, 1.807) is 0 Å². The molecular weight excluding hydrogens is 465 g/mol. The van der Waals surface area contributed by atoms with Crippen LogP contribution >= 0.6 is 0 Å². The molecule has 1 aliphatic rings. The molecule has 1 fully saturated rings. The van der Waals surface area contributed by atoms with Crippen molar-refractivity contribution >= 4 is 15.9 Å². The molecule has 1 N–H and O–H groups in total. The van der Waals surface area contributed by atoms with Crippen LogP contribution in [0.2, 0.25) is 0 Å². The zero-order chi connectivity index (χ0) is 24.3. The lowest BCUT2D eigenvalue weighted by atomic mass is 9.98. The van der Waals surface area contributed by atoms with Gasteiger partial charge in [0.2, 0.25) is 15.9 Å². The Labute approximate surface area is 196 Å². The third-order valence-corrected chi connectivity index (χ3v) is 7.80. The third kappa shape index (κ3) is 4.85. The zero-order valence-electron chi connectivity index (χ0n) is 18.1. The van der Waals surface area contributed by atoms with Crippen LogP contribution in [0.15, 0.2) is 89.8 Å². The Balaban J connectivity index is 1.65. The smallest absolute Gasteiger partial charge is 0.344 e. The summed E-state index contributed by atoms with van der Waals surface area (Å²) in [5.41, 5.74) is 0.362. The van der Waals surface area contributed by atoms with Gasteiger partial charge in [-0.1, -0.05) is 72.8 Å². The first-order valence-electron chi connectivity index (χ1n) is 10.8. The van der Waals surface area contributed by atoms with E-state index >= 15 is 0 Å². The highest BCUT2D eigenvalue weighted by Crippen LogP contribution is 2.37. The predicted octanol–water partition coefficient (Wildman–Crippen LogP) is 4.76. The summed E-state index contributed by atoms with van der Waals surface area (Å²) in [7, 11) is -4.56. The minimum Gasteiger partial charge on any atom is -0.344 e. The fraction of sp³-hybridized carbons (Fsp3) is 0.240. The van der Waals surface area contributed by atoms with E-state index in [2.05, 4.69) is 5.32 Å². The first-order chi connectivity index (χ1) is 16.2. The van der Waals surface area contributed by atoms with Crippen molar-refractivity contribution in [2.75, 3.05) is 6.54 Å². The van der Waals surface area contributed by atoms with Gasteiger partial charge in [-0.3, -0.25) is 4.79 Å². The van der Waals surface area contributed by atoms with E-state index < -0.39 is 44.6 Å². The van der Waals surface area contributed by atoms with Gasteiger partial charge in [0.05, 0.1) is 16.5 Å². The van der Waals surface area contributed by atoms with Crippen molar-refractivity contribution in [1.29, 1.82) is 0 Å². The molecule has 0 bridgehead atoms. The number of nitrogens with zero attached hydrogens (tertiary/aromatic N) is 1. The van der Waals surface area contributed by atoms with Crippen LogP contribution < -0.4 is 5.32 Å². The zero-order valence-corrected chi connectivity index (χ0v) is 18.9. The maximum absolute atomic E-state index is 13.5. The van der Waals surface area contributed by atoms with E-state index in [9.17, 15) is 26.4 Å². The largest absolute Gasteiger partial charge is 0.417 e. The third-order valence-electron chi connectivity index (χ3n) is 5.84. The van der Waals surface area contributed by atoms with Gasteiger partial charge < -0.3 is 5.32 Å². The highest BCUT2D eigenvalue weighted by molar-refractivity contribution is 7.89. The molecule has 0 aromatic heterocycles. The predicted molar refractivity (Wildman–Crippen MR) is 121 cm³/mol. The second-order valence-corrected chi connectivity index (χ2v) is 9.89. The fourth-order valence-corrected chi connectivity index (χ4v) is 6.10. The van der Waals surface area contributed by atoms with Crippen molar-refractivity contribution < 1.29 is 26.4 Å². The molecule has 0 radical (unpaired) electrons. The summed E-state index contributed by atoms with van der Waals surface area (Å²) in [5, 5.41) is 2.92. The Morgan fingerprint density at radius 1 is 0.882 bits per heavy atom. The number of halogens is 3. The lowest BCUT2D eigenvalue weighted by Crippen LogP contribution is -2.47. The van der Waals surface area contributed by atoms with Gasteiger partial charge in [-0.15, -0.1) is 0 Å². The fourth-order valence-electron chi connectivity index (χ4n) is 4.23. The van der Waals surface area contributed by atoms with Crippen LogP contribution in [0.25, 0.3) is 0 Å². The molecule has 1 saturated heterocycles. The summed E-state index contributed by atoms with van der Waals surface area (Å²) in [6.07, 6.45) is -4.25. The molecular formula is C25H23F3N2O3S. The molecule has 0 spiro atoms. The molecule has 0 unspecified atom stereocenters. The molecule has 1 atom stereocenters. The summed E-state index contributed by atoms with van der Waals surface area (Å²) < 4.78 is 68.0. The van der Waals surface area contributed by atoms with E-state index in [0.717, 1.165) is 33.6 Å². The van der Waals surface area contributed by atoms with Crippen LogP contribution in [0, 0.1) is 0 Å². The molecule has 34 heavy (non-hydrogen) atoms. The van der Waals surface area contributed by atoms with E-state index in [0.29, 0.717) is 6.42 Å². The molecule has 3 aromatic rings. The number of rotatable bonds is 6. The van der Waals surface area contributed by atoms with Gasteiger partial charge in [-0.25, -0.2) is 8.42 Å². The summed E-state index contributed by atoms with van der Waals surface area (Å²) in [6, 6.07) is 20.8. The number of amides is 1. The average molecular weight is 489 g/mol. The van der Waals surface area contributed by atoms with Gasteiger partial charge in [-0.2, -0.15) is 17.5 Å². The molecule has 3 aromatic carbocycles. The van der Waals surface area contributed by atoms with Crippen molar-refractivity contribution in [3.63, 3.8) is 0 Å². The Hall–Kier alpha value is -3.17. The second-order valence-electron chi connectivity index (χ2n) is 8.03. The number of sulfonamides is 1. The topological polar surface area (TPSA) is 66.5 Å². The van der Waals surface area contributed by atoms with Crippen LogP contribution in [0.4, 0.5) is 13.2 Å². The molecule has 1 aliphatic heterocycles. The quantitative estimate of drug-likeness (QED) is 0.544. The number of alkyl halides is 3. The first-order valence-corrected chi connectivity index (χ1v) is 12.2. The van der Waals surface area contributed by atoms with Crippen LogP contribution in [0.5, 0.6) is 0 Å². The monoisotopic (exact) mass is 488 g/mol. The van der Waals surface area contributed by atoms with Gasteiger partial charge in [-0.05, 0) is 36.1 Å². The second kappa shape index (κ2) is 9.60. The maximum atomic E-state index is 13.5. The maximum Gasteiger partial charge on any atom is 0.417 e. The number of carbonyl (C=O) groups excluding carboxylic acids is 1. The Morgan fingerprint density at radius 3 is 1.97 bits per heavy atom. The Morgan fingerprint density at radius 2 is 1.41 bits per heavy atom. The van der Waals surface area contributed by atoms with Crippen LogP contribution in [0.1, 0.15) is 35.6 Å². The van der Waals surface area contributed by atoms with Crippen molar-refractivity contribution in [3.05, 3.63) is 102 Å². The normalized spacial score (nSPS) is 17.1. The standard InChI is InChI=1S/C25H23F3N2O3S/c26-25(27,28)20-14-7-8-16-22(20)34(32,33)30-17-9-15-21(30)24(31)29-23(18-10-3-1-4-11-18)19-12-5-2-6-13-19/h1-8,10-14,16,21,23H,9,15,17H2,(H,29,31)/t21-/m0/s1. The number of nitrogens with one attached hydrogen (secondary N) is 1. The van der Waals surface area contributed by atoms with Gasteiger partial charge >= 0.3 is 6.18 Å². The van der Waals surface area contributed by atoms with E-state index in [1.807, 2.05) is 60.7 Å². The highest BCUT2D eigenvalue weighted by atomic mass is 32.2. The summed E-state index contributed by atoms with van der Waals surface area (Å²) in [4.78, 5) is 12.5. The van der Waals surface area contributed by atoms with E-state index in [-0.39, 0.29) is 13.0 Å². The van der Waals surface area contributed by atoms with Gasteiger partial charge in [0.1, 0.15) is 6.04 Å². The summed E-state index contributed by atoms with van der Waals surface area (Å²) in [5.74, 6) is -0.553. The number of hydrogen-bond donors (Lipinski definition) is 1. The van der Waals surface area contributed by atoms with Gasteiger partial charge in [0.15, 0.2) is 0 Å². The molecule has 4 rings (SSSR count). The number of carbonyl (C=O) groups is 1. The van der Waals surface area contributed by atoms with E-state index in [4.69, 9.17) is 0 Å². The molecule has 5 nitrogen and oxygen atoms in total. The average Bonchev–Trinajstić information content (AvgIpc) is 3.34. The SMILES string of the molecule is O=C(NC(c1ccccc1)c1ccccc1)[C@@H]1CCCN1S(=O)(=O)c1ccccc1C(F)(F)F. The van der Waals surface area contributed by atoms with Crippen molar-refractivity contribution in [2.24, 2.45) is 0 Å².